The van der Waals surface area contributed by atoms with Gasteiger partial charge in [-0.25, -0.2) is 9.59 Å². The second kappa shape index (κ2) is 7.13. The second-order valence-corrected chi connectivity index (χ2v) is 9.41. The minimum absolute atomic E-state index is 0.126. The Hall–Kier alpha value is -0.390. The molecule has 0 aliphatic carbocycles. The molecule has 0 aliphatic heterocycles. The Kier molecular flexibility index (Phi) is 6.97. The van der Waals surface area contributed by atoms with Gasteiger partial charge in [-0.1, -0.05) is 0 Å². The van der Waals surface area contributed by atoms with E-state index >= 15 is 0 Å². The number of carbonyl (C=O) groups excluding carboxylic acids is 2. The Balaban J connectivity index is 4.97. The van der Waals surface area contributed by atoms with Gasteiger partial charge in [0.05, 0.1) is 6.61 Å². The van der Waals surface area contributed by atoms with E-state index in [2.05, 4.69) is 52.5 Å². The molecule has 0 fully saturated rings. The summed E-state index contributed by atoms with van der Waals surface area (Å²) in [4.78, 5) is 22.7. The lowest BCUT2D eigenvalue weighted by Gasteiger charge is -2.12. The van der Waals surface area contributed by atoms with E-state index in [1.165, 1.54) is 6.92 Å². The molecule has 94 valence electrons. The molecule has 0 amide bonds. The van der Waals surface area contributed by atoms with Crippen molar-refractivity contribution in [3.8, 4) is 6.07 Å². The number of ether oxygens (including phenoxy) is 2. The van der Waals surface area contributed by atoms with Gasteiger partial charge in [-0.05, 0) is 61.6 Å². The summed E-state index contributed by atoms with van der Waals surface area (Å²) in [5.74, 6) is -1.71. The van der Waals surface area contributed by atoms with Crippen molar-refractivity contribution in [2.24, 2.45) is 0 Å². The maximum Gasteiger partial charge on any atom is 0.352 e. The van der Waals surface area contributed by atoms with Gasteiger partial charge in [0.25, 0.3) is 0 Å². The van der Waals surface area contributed by atoms with Crippen molar-refractivity contribution in [1.82, 2.24) is 0 Å². The number of hydrogen-bond donors (Lipinski definition) is 0. The van der Waals surface area contributed by atoms with Crippen LogP contribution in [0.4, 0.5) is 0 Å². The van der Waals surface area contributed by atoms with Crippen molar-refractivity contribution in [1.29, 1.82) is 5.26 Å². The molecule has 0 N–H and O–H groups in total. The molecule has 8 heteroatoms. The van der Waals surface area contributed by atoms with E-state index < -0.39 is 14.1 Å². The zero-order valence-electron chi connectivity index (χ0n) is 8.92. The fourth-order valence-corrected chi connectivity index (χ4v) is 0.962. The largest absolute Gasteiger partial charge is 0.462 e. The van der Waals surface area contributed by atoms with Crippen LogP contribution < -0.4 is 0 Å². The van der Waals surface area contributed by atoms with Gasteiger partial charge in [0.15, 0.2) is 5.57 Å². The van der Waals surface area contributed by atoms with Crippen LogP contribution in [0.3, 0.4) is 0 Å². The molecule has 0 spiro atoms. The van der Waals surface area contributed by atoms with E-state index in [0.29, 0.717) is 0 Å². The average Bonchev–Trinajstić information content (AvgIpc) is 2.17. The molecule has 0 radical (unpaired) electrons. The number of esters is 2. The zero-order valence-corrected chi connectivity index (χ0v) is 13.7. The molecule has 0 aromatic heterocycles. The van der Waals surface area contributed by atoms with E-state index in [-0.39, 0.29) is 17.9 Å². The molecule has 0 atom stereocenters. The summed E-state index contributed by atoms with van der Waals surface area (Å²) in [6.07, 6.45) is 0. The first-order valence-corrected chi connectivity index (χ1v) is 6.69. The van der Waals surface area contributed by atoms with E-state index in [4.69, 9.17) is 10.00 Å². The minimum atomic E-state index is -1.26. The first-order chi connectivity index (χ1) is 7.73. The number of carbonyl (C=O) groups is 2. The summed E-state index contributed by atoms with van der Waals surface area (Å²) in [5.41, 5.74) is -0.350. The smallest absolute Gasteiger partial charge is 0.352 e. The second-order valence-electron chi connectivity index (χ2n) is 2.65. The summed E-state index contributed by atoms with van der Waals surface area (Å²) in [7, 11) is 0. The number of allylic oxidation sites excluding steroid dienone is 1. The van der Waals surface area contributed by atoms with Crippen LogP contribution in [0, 0.1) is 11.3 Å². The van der Waals surface area contributed by atoms with E-state index in [1.807, 2.05) is 0 Å². The topological polar surface area (TPSA) is 76.4 Å². The lowest BCUT2D eigenvalue weighted by atomic mass is 10.2. The van der Waals surface area contributed by atoms with E-state index in [0.717, 1.165) is 0 Å². The van der Waals surface area contributed by atoms with Gasteiger partial charge in [-0.2, -0.15) is 5.26 Å². The molecule has 5 nitrogen and oxygen atoms in total. The van der Waals surface area contributed by atoms with Gasteiger partial charge in [-0.3, -0.25) is 0 Å². The minimum Gasteiger partial charge on any atom is -0.462 e. The molecule has 0 aromatic carbocycles. The maximum atomic E-state index is 11.4. The van der Waals surface area contributed by atoms with Crippen LogP contribution in [0.25, 0.3) is 0 Å². The van der Waals surface area contributed by atoms with Gasteiger partial charge in [0.1, 0.15) is 11.8 Å². The van der Waals surface area contributed by atoms with Crippen LogP contribution >= 0.6 is 47.8 Å². The Morgan fingerprint density at radius 3 is 2.24 bits per heavy atom. The molecular weight excluding hydrogens is 426 g/mol. The fourth-order valence-electron chi connectivity index (χ4n) is 0.719. The number of halogens is 3. The predicted molar refractivity (Wildman–Crippen MR) is 70.6 cm³/mol. The Labute approximate surface area is 124 Å². The Morgan fingerprint density at radius 1 is 1.35 bits per heavy atom. The van der Waals surface area contributed by atoms with Crippen LogP contribution in [-0.2, 0) is 19.1 Å². The van der Waals surface area contributed by atoms with Gasteiger partial charge < -0.3 is 9.47 Å². The van der Waals surface area contributed by atoms with E-state index in [9.17, 15) is 9.59 Å². The van der Waals surface area contributed by atoms with Gasteiger partial charge in [0, 0.05) is 0 Å². The molecule has 0 aliphatic rings. The maximum absolute atomic E-state index is 11.4. The normalized spacial score (nSPS) is 12.2. The molecule has 0 heterocycles. The van der Waals surface area contributed by atoms with Crippen LogP contribution in [0.2, 0.25) is 0 Å². The van der Waals surface area contributed by atoms with Crippen molar-refractivity contribution in [3.05, 3.63) is 11.3 Å². The van der Waals surface area contributed by atoms with Crippen molar-refractivity contribution in [2.45, 2.75) is 16.0 Å². The molecule has 0 unspecified atom stereocenters. The van der Waals surface area contributed by atoms with Crippen molar-refractivity contribution in [2.75, 3.05) is 6.61 Å². The summed E-state index contributed by atoms with van der Waals surface area (Å²) in [5, 5.41) is 8.77. The average molecular weight is 434 g/mol. The zero-order chi connectivity index (χ0) is 13.6. The summed E-state index contributed by atoms with van der Waals surface area (Å²) in [6.45, 7) is 3.06. The first kappa shape index (κ1) is 16.6. The Morgan fingerprint density at radius 2 is 1.88 bits per heavy atom. The molecule has 0 saturated carbocycles. The van der Waals surface area contributed by atoms with Crippen LogP contribution in [-0.4, -0.2) is 20.7 Å². The van der Waals surface area contributed by atoms with Crippen LogP contribution in [0.15, 0.2) is 11.3 Å². The highest BCUT2D eigenvalue weighted by molar-refractivity contribution is 9.40. The Bertz CT molecular complexity index is 392. The lowest BCUT2D eigenvalue weighted by Crippen LogP contribution is -2.21. The van der Waals surface area contributed by atoms with Crippen molar-refractivity contribution < 1.29 is 19.1 Å². The van der Waals surface area contributed by atoms with E-state index in [1.54, 1.807) is 13.0 Å². The molecular formula is C9H8Br3NO4. The quantitative estimate of drug-likeness (QED) is 0.225. The van der Waals surface area contributed by atoms with Crippen LogP contribution in [0.5, 0.6) is 0 Å². The third-order valence-electron chi connectivity index (χ3n) is 1.42. The van der Waals surface area contributed by atoms with Gasteiger partial charge >= 0.3 is 11.9 Å². The third-order valence-corrected chi connectivity index (χ3v) is 2.39. The number of alkyl halides is 3. The molecule has 0 aromatic rings. The van der Waals surface area contributed by atoms with Crippen molar-refractivity contribution >= 4 is 59.7 Å². The van der Waals surface area contributed by atoms with Gasteiger partial charge in [0.2, 0.25) is 2.14 Å². The standard InChI is InChI=1S/C9H8Br3NO4/c1-3-16-7(14)6(4-13)5(2)17-8(15)9(10,11)12/h3H2,1-2H3/b6-5-. The number of nitriles is 1. The highest BCUT2D eigenvalue weighted by atomic mass is 80.0. The SMILES string of the molecule is CCOC(=O)/C(C#N)=C(/C)OC(=O)C(Br)(Br)Br. The molecule has 0 saturated heterocycles. The summed E-state index contributed by atoms with van der Waals surface area (Å²) < 4.78 is 8.19. The number of rotatable bonds is 3. The summed E-state index contributed by atoms with van der Waals surface area (Å²) >= 11 is 8.85. The predicted octanol–water partition coefficient (Wildman–Crippen LogP) is 2.73. The summed E-state index contributed by atoms with van der Waals surface area (Å²) in [6, 6.07) is 1.63. The lowest BCUT2D eigenvalue weighted by molar-refractivity contribution is -0.139. The highest BCUT2D eigenvalue weighted by Gasteiger charge is 2.32. The monoisotopic (exact) mass is 431 g/mol. The fraction of sp³-hybridized carbons (Fsp3) is 0.444. The molecule has 0 bridgehead atoms. The highest BCUT2D eigenvalue weighted by Crippen LogP contribution is 2.35. The third kappa shape index (κ3) is 5.66. The van der Waals surface area contributed by atoms with Gasteiger partial charge in [-0.15, -0.1) is 0 Å². The van der Waals surface area contributed by atoms with Crippen LogP contribution in [0.1, 0.15) is 13.8 Å². The van der Waals surface area contributed by atoms with Crippen molar-refractivity contribution in [3.63, 3.8) is 0 Å². The number of nitrogens with zero attached hydrogens (tertiary/aromatic N) is 1. The molecule has 0 rings (SSSR count). The molecule has 17 heavy (non-hydrogen) atoms. The first-order valence-electron chi connectivity index (χ1n) is 4.31. The number of hydrogen-bond acceptors (Lipinski definition) is 5.